The lowest BCUT2D eigenvalue weighted by Gasteiger charge is -2.03. The van der Waals surface area contributed by atoms with Gasteiger partial charge in [-0.15, -0.1) is 22.7 Å². The SMILES string of the molecule is CCOc1ccc(-c2nc(C(=O)OCc3cncs3)cs2)cc1. The Labute approximate surface area is 141 Å². The molecule has 1 aromatic carbocycles. The fraction of sp³-hybridized carbons (Fsp3) is 0.188. The number of benzene rings is 1. The van der Waals surface area contributed by atoms with Crippen LogP contribution in [0.1, 0.15) is 22.3 Å². The van der Waals surface area contributed by atoms with Crippen molar-refractivity contribution in [1.82, 2.24) is 9.97 Å². The van der Waals surface area contributed by atoms with Gasteiger partial charge in [-0.25, -0.2) is 9.78 Å². The van der Waals surface area contributed by atoms with Crippen LogP contribution in [0.25, 0.3) is 10.6 Å². The van der Waals surface area contributed by atoms with E-state index in [1.165, 1.54) is 22.7 Å². The molecule has 0 amide bonds. The van der Waals surface area contributed by atoms with Crippen molar-refractivity contribution in [2.75, 3.05) is 6.61 Å². The second-order valence-electron chi connectivity index (χ2n) is 4.54. The number of carbonyl (C=O) groups excluding carboxylic acids is 1. The molecule has 0 saturated heterocycles. The highest BCUT2D eigenvalue weighted by molar-refractivity contribution is 7.13. The minimum atomic E-state index is -0.424. The summed E-state index contributed by atoms with van der Waals surface area (Å²) in [5, 5.41) is 2.48. The van der Waals surface area contributed by atoms with E-state index in [1.807, 2.05) is 31.2 Å². The summed E-state index contributed by atoms with van der Waals surface area (Å²) in [6.45, 7) is 2.80. The molecule has 0 aliphatic heterocycles. The summed E-state index contributed by atoms with van der Waals surface area (Å²) < 4.78 is 10.6. The first-order valence-electron chi connectivity index (χ1n) is 6.99. The summed E-state index contributed by atoms with van der Waals surface area (Å²) in [5.41, 5.74) is 2.97. The van der Waals surface area contributed by atoms with Crippen LogP contribution in [0, 0.1) is 0 Å². The number of nitrogens with zero attached hydrogens (tertiary/aromatic N) is 2. The molecule has 2 aromatic heterocycles. The van der Waals surface area contributed by atoms with E-state index < -0.39 is 5.97 Å². The molecule has 0 aliphatic rings. The quantitative estimate of drug-likeness (QED) is 0.631. The van der Waals surface area contributed by atoms with Crippen molar-refractivity contribution in [2.24, 2.45) is 0 Å². The van der Waals surface area contributed by atoms with E-state index in [-0.39, 0.29) is 6.61 Å². The van der Waals surface area contributed by atoms with Gasteiger partial charge >= 0.3 is 5.97 Å². The van der Waals surface area contributed by atoms with Gasteiger partial charge < -0.3 is 9.47 Å². The number of hydrogen-bond donors (Lipinski definition) is 0. The second-order valence-corrected chi connectivity index (χ2v) is 6.37. The standard InChI is InChI=1S/C16H14N2O3S2/c1-2-20-12-5-3-11(4-6-12)15-18-14(9-22-15)16(19)21-8-13-7-17-10-23-13/h3-7,9-10H,2,8H2,1H3. The molecule has 0 spiro atoms. The highest BCUT2D eigenvalue weighted by atomic mass is 32.1. The summed E-state index contributed by atoms with van der Waals surface area (Å²) in [6.07, 6.45) is 1.68. The van der Waals surface area contributed by atoms with Gasteiger partial charge in [0.25, 0.3) is 0 Å². The molecule has 7 heteroatoms. The van der Waals surface area contributed by atoms with Crippen LogP contribution in [-0.2, 0) is 11.3 Å². The molecule has 0 aliphatic carbocycles. The van der Waals surface area contributed by atoms with E-state index in [2.05, 4.69) is 9.97 Å². The fourth-order valence-corrected chi connectivity index (χ4v) is 3.19. The Bertz CT molecular complexity index is 767. The first-order chi connectivity index (χ1) is 11.3. The summed E-state index contributed by atoms with van der Waals surface area (Å²) in [5.74, 6) is 0.392. The van der Waals surface area contributed by atoms with Crippen molar-refractivity contribution in [3.63, 3.8) is 0 Å². The van der Waals surface area contributed by atoms with Gasteiger partial charge in [-0.1, -0.05) is 0 Å². The van der Waals surface area contributed by atoms with Crippen molar-refractivity contribution in [2.45, 2.75) is 13.5 Å². The summed E-state index contributed by atoms with van der Waals surface area (Å²) in [4.78, 5) is 21.2. The van der Waals surface area contributed by atoms with Gasteiger partial charge in [-0.05, 0) is 31.2 Å². The molecular weight excluding hydrogens is 332 g/mol. The predicted molar refractivity (Wildman–Crippen MR) is 90.0 cm³/mol. The van der Waals surface area contributed by atoms with Crippen molar-refractivity contribution in [3.8, 4) is 16.3 Å². The highest BCUT2D eigenvalue weighted by Crippen LogP contribution is 2.26. The molecule has 2 heterocycles. The Morgan fingerprint density at radius 2 is 2.04 bits per heavy atom. The van der Waals surface area contributed by atoms with Crippen LogP contribution < -0.4 is 4.74 Å². The molecule has 23 heavy (non-hydrogen) atoms. The molecule has 0 atom stereocenters. The molecule has 118 valence electrons. The predicted octanol–water partition coefficient (Wildman–Crippen LogP) is 4.02. The van der Waals surface area contributed by atoms with Crippen molar-refractivity contribution in [3.05, 3.63) is 51.9 Å². The zero-order valence-electron chi connectivity index (χ0n) is 12.4. The van der Waals surface area contributed by atoms with Crippen LogP contribution in [0.4, 0.5) is 0 Å². The number of aromatic nitrogens is 2. The van der Waals surface area contributed by atoms with Gasteiger partial charge in [-0.2, -0.15) is 0 Å². The smallest absolute Gasteiger partial charge is 0.358 e. The molecule has 0 saturated carbocycles. The third kappa shape index (κ3) is 3.94. The normalized spacial score (nSPS) is 10.5. The van der Waals surface area contributed by atoms with Crippen LogP contribution in [0.3, 0.4) is 0 Å². The second kappa shape index (κ2) is 7.34. The maximum atomic E-state index is 12.0. The Balaban J connectivity index is 1.66. The van der Waals surface area contributed by atoms with Crippen molar-refractivity contribution < 1.29 is 14.3 Å². The molecule has 3 aromatic rings. The maximum absolute atomic E-state index is 12.0. The fourth-order valence-electron chi connectivity index (χ4n) is 1.88. The first-order valence-corrected chi connectivity index (χ1v) is 8.75. The number of thiazole rings is 2. The van der Waals surface area contributed by atoms with Crippen LogP contribution in [-0.4, -0.2) is 22.5 Å². The van der Waals surface area contributed by atoms with Crippen LogP contribution >= 0.6 is 22.7 Å². The minimum Gasteiger partial charge on any atom is -0.494 e. The average Bonchev–Trinajstić information content (AvgIpc) is 3.25. The first kappa shape index (κ1) is 15.6. The van der Waals surface area contributed by atoms with E-state index >= 15 is 0 Å². The van der Waals surface area contributed by atoms with Crippen LogP contribution in [0.15, 0.2) is 41.4 Å². The molecule has 0 radical (unpaired) electrons. The summed E-state index contributed by atoms with van der Waals surface area (Å²) in [6, 6.07) is 7.64. The highest BCUT2D eigenvalue weighted by Gasteiger charge is 2.13. The summed E-state index contributed by atoms with van der Waals surface area (Å²) >= 11 is 2.86. The van der Waals surface area contributed by atoms with E-state index in [0.717, 1.165) is 21.2 Å². The number of esters is 1. The average molecular weight is 346 g/mol. The lowest BCUT2D eigenvalue weighted by molar-refractivity contribution is 0.0470. The molecule has 0 bridgehead atoms. The van der Waals surface area contributed by atoms with Gasteiger partial charge in [0, 0.05) is 17.1 Å². The van der Waals surface area contributed by atoms with Gasteiger partial charge in [0.1, 0.15) is 17.4 Å². The van der Waals surface area contributed by atoms with E-state index in [0.29, 0.717) is 12.3 Å². The maximum Gasteiger partial charge on any atom is 0.358 e. The van der Waals surface area contributed by atoms with E-state index in [9.17, 15) is 4.79 Å². The zero-order valence-corrected chi connectivity index (χ0v) is 14.0. The summed E-state index contributed by atoms with van der Waals surface area (Å²) in [7, 11) is 0. The van der Waals surface area contributed by atoms with Crippen molar-refractivity contribution >= 4 is 28.6 Å². The van der Waals surface area contributed by atoms with Crippen molar-refractivity contribution in [1.29, 1.82) is 0 Å². The molecule has 5 nitrogen and oxygen atoms in total. The van der Waals surface area contributed by atoms with Gasteiger partial charge in [0.15, 0.2) is 5.69 Å². The molecule has 3 rings (SSSR count). The largest absolute Gasteiger partial charge is 0.494 e. The van der Waals surface area contributed by atoms with Gasteiger partial charge in [0.2, 0.25) is 0 Å². The monoisotopic (exact) mass is 346 g/mol. The molecule has 0 unspecified atom stereocenters. The Morgan fingerprint density at radius 3 is 2.74 bits per heavy atom. The molecule has 0 N–H and O–H groups in total. The topological polar surface area (TPSA) is 61.3 Å². The number of hydrogen-bond acceptors (Lipinski definition) is 7. The third-order valence-electron chi connectivity index (χ3n) is 2.95. The van der Waals surface area contributed by atoms with Crippen LogP contribution in [0.5, 0.6) is 5.75 Å². The van der Waals surface area contributed by atoms with E-state index in [4.69, 9.17) is 9.47 Å². The number of rotatable bonds is 6. The van der Waals surface area contributed by atoms with E-state index in [1.54, 1.807) is 17.1 Å². The number of ether oxygens (including phenoxy) is 2. The molecular formula is C16H14N2O3S2. The van der Waals surface area contributed by atoms with Gasteiger partial charge in [0.05, 0.1) is 17.0 Å². The van der Waals surface area contributed by atoms with Crippen LogP contribution in [0.2, 0.25) is 0 Å². The zero-order chi connectivity index (χ0) is 16.1. The van der Waals surface area contributed by atoms with Gasteiger partial charge in [-0.3, -0.25) is 4.98 Å². The Morgan fingerprint density at radius 1 is 1.22 bits per heavy atom. The Hall–Kier alpha value is -2.25. The lowest BCUT2D eigenvalue weighted by Crippen LogP contribution is -2.04. The Kier molecular flexibility index (Phi) is 4.99. The minimum absolute atomic E-state index is 0.222. The third-order valence-corrected chi connectivity index (χ3v) is 4.60. The molecule has 0 fully saturated rings. The lowest BCUT2D eigenvalue weighted by atomic mass is 10.2. The number of carbonyl (C=O) groups is 1.